The molecule has 1 aliphatic heterocycles. The second kappa shape index (κ2) is 11.8. The quantitative estimate of drug-likeness (QED) is 0.430. The van der Waals surface area contributed by atoms with E-state index in [1.54, 1.807) is 49.4 Å². The molecule has 2 aromatic carbocycles. The van der Waals surface area contributed by atoms with Crippen LogP contribution in [0.25, 0.3) is 0 Å². The van der Waals surface area contributed by atoms with Gasteiger partial charge in [-0.1, -0.05) is 28.1 Å². The molecule has 4 N–H and O–H groups in total. The molecule has 10 nitrogen and oxygen atoms in total. The molecular formula is C23H24BrN3O7. The summed E-state index contributed by atoms with van der Waals surface area (Å²) in [6.07, 6.45) is 0. The Kier molecular flexibility index (Phi) is 9.19. The highest BCUT2D eigenvalue weighted by molar-refractivity contribution is 9.10. The van der Waals surface area contributed by atoms with Crippen LogP contribution in [0.4, 0.5) is 10.5 Å². The van der Waals surface area contributed by atoms with Crippen LogP contribution in [0, 0.1) is 0 Å². The Morgan fingerprint density at radius 3 is 2.38 bits per heavy atom. The Hall–Kier alpha value is -3.86. The molecule has 0 fully saturated rings. The summed E-state index contributed by atoms with van der Waals surface area (Å²) in [4.78, 5) is 46.4. The fourth-order valence-electron chi connectivity index (χ4n) is 3.23. The van der Waals surface area contributed by atoms with Gasteiger partial charge in [0, 0.05) is 22.7 Å². The van der Waals surface area contributed by atoms with Gasteiger partial charge in [-0.05, 0) is 37.3 Å². The number of para-hydroxylation sites is 1. The smallest absolute Gasteiger partial charge is 0.339 e. The van der Waals surface area contributed by atoms with Crippen LogP contribution in [0.1, 0.15) is 35.8 Å². The van der Waals surface area contributed by atoms with Crippen molar-refractivity contribution in [3.8, 4) is 5.75 Å². The average Bonchev–Trinajstić information content (AvgIpc) is 2.77. The number of methoxy groups -OCH3 is 2. The molecule has 0 radical (unpaired) electrons. The first-order valence-electron chi connectivity index (χ1n) is 9.89. The molecule has 180 valence electrons. The maximum absolute atomic E-state index is 13.3. The number of benzene rings is 2. The number of hydrogen-bond acceptors (Lipinski definition) is 6. The zero-order chi connectivity index (χ0) is 25.4. The number of halogens is 1. The fourth-order valence-corrected chi connectivity index (χ4v) is 3.61. The topological polar surface area (TPSA) is 143 Å². The van der Waals surface area contributed by atoms with Crippen LogP contribution in [-0.2, 0) is 14.3 Å². The standard InChI is InChI=1S/C21H20BrN3O5.C2H4O2/c1-11-17(19(26)24-15-7-5-4-6-13(15)20(27)30-3)18(25-21(28)23-11)14-10-12(22)8-9-16(14)29-2;1-2(3)4/h4-10,18H,1-3H3,(H,24,26)(H2,23,25,28);1H3,(H,3,4). The molecule has 0 aliphatic carbocycles. The molecule has 1 unspecified atom stereocenters. The molecule has 11 heteroatoms. The van der Waals surface area contributed by atoms with Crippen molar-refractivity contribution in [1.82, 2.24) is 10.6 Å². The predicted octanol–water partition coefficient (Wildman–Crippen LogP) is 3.60. The molecule has 1 aliphatic rings. The lowest BCUT2D eigenvalue weighted by molar-refractivity contribution is -0.134. The van der Waals surface area contributed by atoms with Crippen LogP contribution in [0.15, 0.2) is 58.2 Å². The SMILES string of the molecule is CC(=O)O.COC(=O)c1ccccc1NC(=O)C1=C(C)NC(=O)NC1c1cc(Br)ccc1OC. The highest BCUT2D eigenvalue weighted by Gasteiger charge is 2.33. The molecule has 0 aromatic heterocycles. The number of carbonyl (C=O) groups is 4. The minimum atomic E-state index is -0.833. The van der Waals surface area contributed by atoms with E-state index in [-0.39, 0.29) is 11.1 Å². The summed E-state index contributed by atoms with van der Waals surface area (Å²) in [5.74, 6) is -1.38. The molecule has 34 heavy (non-hydrogen) atoms. The van der Waals surface area contributed by atoms with E-state index in [1.807, 2.05) is 0 Å². The van der Waals surface area contributed by atoms with Crippen molar-refractivity contribution in [3.63, 3.8) is 0 Å². The average molecular weight is 534 g/mol. The predicted molar refractivity (Wildman–Crippen MR) is 128 cm³/mol. The first-order valence-corrected chi connectivity index (χ1v) is 10.7. The first-order chi connectivity index (χ1) is 16.1. The lowest BCUT2D eigenvalue weighted by Crippen LogP contribution is -2.46. The summed E-state index contributed by atoms with van der Waals surface area (Å²) in [5.41, 5.74) is 1.79. The summed E-state index contributed by atoms with van der Waals surface area (Å²) >= 11 is 3.41. The molecule has 0 saturated heterocycles. The number of ether oxygens (including phenoxy) is 2. The van der Waals surface area contributed by atoms with Crippen LogP contribution in [0.5, 0.6) is 5.75 Å². The third kappa shape index (κ3) is 6.58. The van der Waals surface area contributed by atoms with Crippen LogP contribution < -0.4 is 20.7 Å². The van der Waals surface area contributed by atoms with E-state index >= 15 is 0 Å². The minimum Gasteiger partial charge on any atom is -0.496 e. The second-order valence-corrected chi connectivity index (χ2v) is 7.88. The Bertz CT molecular complexity index is 1140. The van der Waals surface area contributed by atoms with Crippen molar-refractivity contribution >= 4 is 45.5 Å². The summed E-state index contributed by atoms with van der Waals surface area (Å²) in [7, 11) is 2.78. The van der Waals surface area contributed by atoms with Crippen LogP contribution >= 0.6 is 15.9 Å². The number of allylic oxidation sites excluding steroid dienone is 1. The number of rotatable bonds is 5. The van der Waals surface area contributed by atoms with Gasteiger partial charge in [0.1, 0.15) is 5.75 Å². The Balaban J connectivity index is 0.000000945. The zero-order valence-electron chi connectivity index (χ0n) is 18.9. The van der Waals surface area contributed by atoms with Crippen LogP contribution in [0.3, 0.4) is 0 Å². The summed E-state index contributed by atoms with van der Waals surface area (Å²) in [6.45, 7) is 2.72. The number of urea groups is 1. The van der Waals surface area contributed by atoms with E-state index in [2.05, 4.69) is 31.9 Å². The van der Waals surface area contributed by atoms with Crippen molar-refractivity contribution in [2.45, 2.75) is 19.9 Å². The number of carbonyl (C=O) groups excluding carboxylic acids is 3. The zero-order valence-corrected chi connectivity index (χ0v) is 20.5. The second-order valence-electron chi connectivity index (χ2n) is 6.97. The Labute approximate surface area is 204 Å². The third-order valence-electron chi connectivity index (χ3n) is 4.60. The largest absolute Gasteiger partial charge is 0.496 e. The normalized spacial score (nSPS) is 14.6. The van der Waals surface area contributed by atoms with Gasteiger partial charge in [-0.15, -0.1) is 0 Å². The van der Waals surface area contributed by atoms with Crippen molar-refractivity contribution in [2.24, 2.45) is 0 Å². The van der Waals surface area contributed by atoms with Crippen molar-refractivity contribution < 1.29 is 33.8 Å². The van der Waals surface area contributed by atoms with E-state index in [9.17, 15) is 14.4 Å². The van der Waals surface area contributed by atoms with Gasteiger partial charge in [0.15, 0.2) is 0 Å². The van der Waals surface area contributed by atoms with E-state index in [0.29, 0.717) is 22.7 Å². The molecule has 0 saturated carbocycles. The number of carboxylic acids is 1. The maximum atomic E-state index is 13.3. The van der Waals surface area contributed by atoms with Gasteiger partial charge in [-0.25, -0.2) is 9.59 Å². The van der Waals surface area contributed by atoms with Crippen LogP contribution in [-0.4, -0.2) is 43.2 Å². The molecule has 1 heterocycles. The molecule has 1 atom stereocenters. The highest BCUT2D eigenvalue weighted by Crippen LogP contribution is 2.35. The highest BCUT2D eigenvalue weighted by atomic mass is 79.9. The van der Waals surface area contributed by atoms with Crippen molar-refractivity contribution in [3.05, 3.63) is 69.3 Å². The van der Waals surface area contributed by atoms with Crippen LogP contribution in [0.2, 0.25) is 0 Å². The Morgan fingerprint density at radius 2 is 1.76 bits per heavy atom. The Morgan fingerprint density at radius 1 is 1.12 bits per heavy atom. The van der Waals surface area contributed by atoms with E-state index in [1.165, 1.54) is 14.2 Å². The molecule has 2 aromatic rings. The first kappa shape index (κ1) is 26.4. The molecule has 0 bridgehead atoms. The number of anilines is 1. The van der Waals surface area contributed by atoms with E-state index in [4.69, 9.17) is 19.4 Å². The van der Waals surface area contributed by atoms with Crippen molar-refractivity contribution in [1.29, 1.82) is 0 Å². The van der Waals surface area contributed by atoms with E-state index < -0.39 is 29.9 Å². The number of aliphatic carboxylic acids is 1. The third-order valence-corrected chi connectivity index (χ3v) is 5.09. The monoisotopic (exact) mass is 533 g/mol. The van der Waals surface area contributed by atoms with E-state index in [0.717, 1.165) is 11.4 Å². The summed E-state index contributed by atoms with van der Waals surface area (Å²) < 4.78 is 11.0. The van der Waals surface area contributed by atoms with Gasteiger partial charge in [0.05, 0.1) is 37.1 Å². The molecule has 0 spiro atoms. The lowest BCUT2D eigenvalue weighted by atomic mass is 9.94. The van der Waals surface area contributed by atoms with Gasteiger partial charge in [-0.3, -0.25) is 9.59 Å². The van der Waals surface area contributed by atoms with Gasteiger partial charge >= 0.3 is 12.0 Å². The fraction of sp³-hybridized carbons (Fsp3) is 0.217. The minimum absolute atomic E-state index is 0.219. The van der Waals surface area contributed by atoms with Gasteiger partial charge in [-0.2, -0.15) is 0 Å². The lowest BCUT2D eigenvalue weighted by Gasteiger charge is -2.29. The van der Waals surface area contributed by atoms with Crippen molar-refractivity contribution in [2.75, 3.05) is 19.5 Å². The molecule has 3 rings (SSSR count). The van der Waals surface area contributed by atoms with Gasteiger partial charge in [0.25, 0.3) is 11.9 Å². The molecular weight excluding hydrogens is 510 g/mol. The number of nitrogens with one attached hydrogen (secondary N) is 3. The van der Waals surface area contributed by atoms with Gasteiger partial charge in [0.2, 0.25) is 0 Å². The maximum Gasteiger partial charge on any atom is 0.339 e. The number of carboxylic acid groups (broad SMARTS) is 1. The number of esters is 1. The van der Waals surface area contributed by atoms with Gasteiger partial charge < -0.3 is 30.5 Å². The summed E-state index contributed by atoms with van der Waals surface area (Å²) in [5, 5.41) is 15.6. The molecule has 3 amide bonds. The summed E-state index contributed by atoms with van der Waals surface area (Å²) in [6, 6.07) is 10.6. The number of hydrogen-bond donors (Lipinski definition) is 4. The number of amides is 3.